The molecule has 0 saturated heterocycles. The van der Waals surface area contributed by atoms with Crippen molar-refractivity contribution in [3.8, 4) is 5.75 Å². The summed E-state index contributed by atoms with van der Waals surface area (Å²) in [7, 11) is 0. The Morgan fingerprint density at radius 2 is 2.28 bits per heavy atom. The van der Waals surface area contributed by atoms with E-state index in [0.29, 0.717) is 17.7 Å². The van der Waals surface area contributed by atoms with Gasteiger partial charge in [0.25, 0.3) is 0 Å². The summed E-state index contributed by atoms with van der Waals surface area (Å²) in [5.41, 5.74) is 2.59. The van der Waals surface area contributed by atoms with E-state index in [1.54, 1.807) is 6.07 Å². The molecule has 1 aliphatic rings. The number of phenols is 1. The molecular weight excluding hydrogens is 226 g/mol. The average molecular weight is 249 g/mol. The summed E-state index contributed by atoms with van der Waals surface area (Å²) in [4.78, 5) is 0. The molecule has 0 aromatic heterocycles. The van der Waals surface area contributed by atoms with Gasteiger partial charge in [0.2, 0.25) is 0 Å². The van der Waals surface area contributed by atoms with Gasteiger partial charge in [0.05, 0.1) is 0 Å². The van der Waals surface area contributed by atoms with Crippen LogP contribution in [0.2, 0.25) is 0 Å². The molecule has 0 fully saturated rings. The minimum Gasteiger partial charge on any atom is -0.508 e. The number of nitrogens with one attached hydrogen (secondary N) is 1. The number of rotatable bonds is 6. The first-order valence-electron chi connectivity index (χ1n) is 6.90. The molecule has 1 aromatic carbocycles. The van der Waals surface area contributed by atoms with Crippen LogP contribution in [0.4, 0.5) is 0 Å². The second-order valence-electron chi connectivity index (χ2n) is 5.17. The lowest BCUT2D eigenvalue weighted by Crippen LogP contribution is -2.26. The molecule has 2 unspecified atom stereocenters. The van der Waals surface area contributed by atoms with Crippen molar-refractivity contribution in [2.75, 3.05) is 13.2 Å². The molecule has 0 spiro atoms. The van der Waals surface area contributed by atoms with Crippen molar-refractivity contribution >= 4 is 0 Å². The van der Waals surface area contributed by atoms with Crippen LogP contribution in [-0.4, -0.2) is 23.4 Å². The maximum absolute atomic E-state index is 9.46. The number of aliphatic hydroxyl groups is 1. The molecule has 18 heavy (non-hydrogen) atoms. The molecule has 2 rings (SSSR count). The van der Waals surface area contributed by atoms with Gasteiger partial charge in [-0.25, -0.2) is 0 Å². The molecular formula is C15H23NO2. The first-order chi connectivity index (χ1) is 8.74. The largest absolute Gasteiger partial charge is 0.508 e. The van der Waals surface area contributed by atoms with Gasteiger partial charge < -0.3 is 15.5 Å². The SMILES string of the molecule is CCC(CCO)CNC1CCc2cc(O)ccc21. The fourth-order valence-electron chi connectivity index (χ4n) is 2.76. The van der Waals surface area contributed by atoms with Gasteiger partial charge in [-0.05, 0) is 55.0 Å². The monoisotopic (exact) mass is 249 g/mol. The third-order valence-electron chi connectivity index (χ3n) is 3.97. The van der Waals surface area contributed by atoms with Crippen molar-refractivity contribution in [1.82, 2.24) is 5.32 Å². The maximum Gasteiger partial charge on any atom is 0.115 e. The number of hydrogen-bond donors (Lipinski definition) is 3. The van der Waals surface area contributed by atoms with E-state index >= 15 is 0 Å². The van der Waals surface area contributed by atoms with E-state index in [9.17, 15) is 5.11 Å². The highest BCUT2D eigenvalue weighted by Gasteiger charge is 2.22. The van der Waals surface area contributed by atoms with Crippen molar-refractivity contribution in [2.45, 2.75) is 38.6 Å². The van der Waals surface area contributed by atoms with Gasteiger partial charge in [-0.1, -0.05) is 19.4 Å². The van der Waals surface area contributed by atoms with Crippen LogP contribution >= 0.6 is 0 Å². The normalized spacial score (nSPS) is 19.8. The van der Waals surface area contributed by atoms with Crippen molar-refractivity contribution in [2.24, 2.45) is 5.92 Å². The minimum absolute atomic E-state index is 0.273. The third kappa shape index (κ3) is 3.03. The average Bonchev–Trinajstić information content (AvgIpc) is 2.76. The zero-order valence-corrected chi connectivity index (χ0v) is 11.0. The summed E-state index contributed by atoms with van der Waals surface area (Å²) >= 11 is 0. The van der Waals surface area contributed by atoms with Gasteiger partial charge in [-0.2, -0.15) is 0 Å². The lowest BCUT2D eigenvalue weighted by Gasteiger charge is -2.19. The van der Waals surface area contributed by atoms with Gasteiger partial charge in [0.15, 0.2) is 0 Å². The summed E-state index contributed by atoms with van der Waals surface area (Å²) in [5.74, 6) is 0.914. The van der Waals surface area contributed by atoms with Crippen LogP contribution in [0.5, 0.6) is 5.75 Å². The Morgan fingerprint density at radius 1 is 1.44 bits per heavy atom. The number of aromatic hydroxyl groups is 1. The highest BCUT2D eigenvalue weighted by molar-refractivity contribution is 5.39. The van der Waals surface area contributed by atoms with E-state index in [2.05, 4.69) is 12.2 Å². The topological polar surface area (TPSA) is 52.5 Å². The Morgan fingerprint density at radius 3 is 3.00 bits per heavy atom. The molecule has 0 bridgehead atoms. The number of aryl methyl sites for hydroxylation is 1. The third-order valence-corrected chi connectivity index (χ3v) is 3.97. The smallest absolute Gasteiger partial charge is 0.115 e. The van der Waals surface area contributed by atoms with Crippen LogP contribution < -0.4 is 5.32 Å². The fraction of sp³-hybridized carbons (Fsp3) is 0.600. The highest BCUT2D eigenvalue weighted by atomic mass is 16.3. The van der Waals surface area contributed by atoms with Gasteiger partial charge >= 0.3 is 0 Å². The van der Waals surface area contributed by atoms with Crippen molar-refractivity contribution < 1.29 is 10.2 Å². The van der Waals surface area contributed by atoms with Crippen LogP contribution in [0.3, 0.4) is 0 Å². The summed E-state index contributed by atoms with van der Waals surface area (Å²) in [6.07, 6.45) is 4.12. The summed E-state index contributed by atoms with van der Waals surface area (Å²) < 4.78 is 0. The van der Waals surface area contributed by atoms with Gasteiger partial charge in [-0.3, -0.25) is 0 Å². The summed E-state index contributed by atoms with van der Waals surface area (Å²) in [5, 5.41) is 22.1. The second kappa shape index (κ2) is 6.21. The first-order valence-corrected chi connectivity index (χ1v) is 6.90. The lowest BCUT2D eigenvalue weighted by atomic mass is 10.0. The van der Waals surface area contributed by atoms with Gasteiger partial charge in [0.1, 0.15) is 5.75 Å². The van der Waals surface area contributed by atoms with Crippen LogP contribution in [0.15, 0.2) is 18.2 Å². The molecule has 3 nitrogen and oxygen atoms in total. The number of aliphatic hydroxyl groups excluding tert-OH is 1. The molecule has 3 N–H and O–H groups in total. The van der Waals surface area contributed by atoms with E-state index in [0.717, 1.165) is 32.2 Å². The van der Waals surface area contributed by atoms with Crippen LogP contribution in [0.1, 0.15) is 43.4 Å². The predicted molar refractivity (Wildman–Crippen MR) is 72.7 cm³/mol. The van der Waals surface area contributed by atoms with Crippen LogP contribution in [-0.2, 0) is 6.42 Å². The van der Waals surface area contributed by atoms with E-state index in [-0.39, 0.29) is 6.61 Å². The highest BCUT2D eigenvalue weighted by Crippen LogP contribution is 2.33. The number of benzene rings is 1. The summed E-state index contributed by atoms with van der Waals surface area (Å²) in [6.45, 7) is 3.40. The van der Waals surface area contributed by atoms with E-state index in [4.69, 9.17) is 5.11 Å². The zero-order chi connectivity index (χ0) is 13.0. The molecule has 1 aromatic rings. The number of hydrogen-bond acceptors (Lipinski definition) is 3. The predicted octanol–water partition coefficient (Wildman–Crippen LogP) is 2.38. The van der Waals surface area contributed by atoms with Gasteiger partial charge in [-0.15, -0.1) is 0 Å². The van der Waals surface area contributed by atoms with Crippen LogP contribution in [0, 0.1) is 5.92 Å². The van der Waals surface area contributed by atoms with Crippen molar-refractivity contribution in [3.63, 3.8) is 0 Å². The second-order valence-corrected chi connectivity index (χ2v) is 5.17. The maximum atomic E-state index is 9.46. The standard InChI is InChI=1S/C15H23NO2/c1-2-11(7-8-17)10-16-15-6-3-12-9-13(18)4-5-14(12)15/h4-5,9,11,15-18H,2-3,6-8,10H2,1H3. The molecule has 0 heterocycles. The van der Waals surface area contributed by atoms with E-state index in [1.165, 1.54) is 11.1 Å². The fourth-order valence-corrected chi connectivity index (χ4v) is 2.76. The minimum atomic E-state index is 0.273. The Kier molecular flexibility index (Phi) is 4.61. The van der Waals surface area contributed by atoms with E-state index in [1.807, 2.05) is 12.1 Å². The number of phenolic OH excluding ortho intramolecular Hbond substituents is 1. The molecule has 100 valence electrons. The Hall–Kier alpha value is -1.06. The molecule has 0 radical (unpaired) electrons. The van der Waals surface area contributed by atoms with Crippen molar-refractivity contribution in [3.05, 3.63) is 29.3 Å². The van der Waals surface area contributed by atoms with Gasteiger partial charge in [0, 0.05) is 12.6 Å². The Balaban J connectivity index is 1.93. The van der Waals surface area contributed by atoms with Crippen molar-refractivity contribution in [1.29, 1.82) is 0 Å². The Labute approximate surface area is 109 Å². The lowest BCUT2D eigenvalue weighted by molar-refractivity contribution is 0.248. The zero-order valence-electron chi connectivity index (χ0n) is 11.0. The Bertz CT molecular complexity index is 392. The molecule has 0 saturated carbocycles. The molecule has 1 aliphatic carbocycles. The van der Waals surface area contributed by atoms with E-state index < -0.39 is 0 Å². The molecule has 0 amide bonds. The summed E-state index contributed by atoms with van der Waals surface area (Å²) in [6, 6.07) is 6.09. The first kappa shape index (κ1) is 13.4. The quantitative estimate of drug-likeness (QED) is 0.725. The molecule has 0 aliphatic heterocycles. The molecule has 3 heteroatoms. The van der Waals surface area contributed by atoms with Crippen LogP contribution in [0.25, 0.3) is 0 Å². The number of fused-ring (bicyclic) bond motifs is 1. The molecule has 2 atom stereocenters.